The van der Waals surface area contributed by atoms with Crippen molar-refractivity contribution in [2.75, 3.05) is 26.2 Å². The van der Waals surface area contributed by atoms with E-state index in [1.165, 1.54) is 5.56 Å². The van der Waals surface area contributed by atoms with Crippen molar-refractivity contribution in [1.82, 2.24) is 20.0 Å². The number of carbonyl (C=O) groups is 1. The van der Waals surface area contributed by atoms with Crippen LogP contribution in [-0.2, 0) is 18.3 Å². The number of hydrogen-bond donors (Lipinski definition) is 1. The van der Waals surface area contributed by atoms with Crippen LogP contribution in [0.3, 0.4) is 0 Å². The van der Waals surface area contributed by atoms with Crippen LogP contribution in [0.15, 0.2) is 12.4 Å². The molecule has 1 fully saturated rings. The minimum atomic E-state index is -0.220. The van der Waals surface area contributed by atoms with Crippen molar-refractivity contribution in [3.63, 3.8) is 0 Å². The first-order chi connectivity index (χ1) is 10.0. The van der Waals surface area contributed by atoms with Crippen molar-refractivity contribution < 1.29 is 4.79 Å². The third-order valence-electron chi connectivity index (χ3n) is 4.46. The second-order valence-corrected chi connectivity index (χ2v) is 6.41. The summed E-state index contributed by atoms with van der Waals surface area (Å²) >= 11 is 0. The average molecular weight is 292 g/mol. The average Bonchev–Trinajstić information content (AvgIpc) is 2.89. The molecule has 0 unspecified atom stereocenters. The molecular weight excluding hydrogens is 264 g/mol. The summed E-state index contributed by atoms with van der Waals surface area (Å²) in [6, 6.07) is 0. The predicted octanol–water partition coefficient (Wildman–Crippen LogP) is 1.59. The first-order valence-electron chi connectivity index (χ1n) is 8.02. The summed E-state index contributed by atoms with van der Waals surface area (Å²) in [7, 11) is 1.93. The summed E-state index contributed by atoms with van der Waals surface area (Å²) in [6.45, 7) is 8.06. The molecule has 1 saturated heterocycles. The Bertz CT molecular complexity index is 471. The van der Waals surface area contributed by atoms with E-state index >= 15 is 0 Å². The van der Waals surface area contributed by atoms with Gasteiger partial charge in [-0.15, -0.1) is 0 Å². The summed E-state index contributed by atoms with van der Waals surface area (Å²) in [5.74, 6) is 0.215. The third-order valence-corrected chi connectivity index (χ3v) is 4.46. The number of nitrogens with one attached hydrogen (secondary N) is 1. The molecule has 1 aliphatic rings. The summed E-state index contributed by atoms with van der Waals surface area (Å²) in [5, 5.41) is 7.28. The lowest BCUT2D eigenvalue weighted by Gasteiger charge is -2.38. The van der Waals surface area contributed by atoms with E-state index in [0.29, 0.717) is 0 Å². The molecule has 0 saturated carbocycles. The number of aryl methyl sites for hydroxylation is 2. The van der Waals surface area contributed by atoms with Crippen molar-refractivity contribution >= 4 is 5.91 Å². The lowest BCUT2D eigenvalue weighted by molar-refractivity contribution is -0.133. The molecule has 0 spiro atoms. The molecule has 0 aliphatic carbocycles. The molecular formula is C16H28N4O. The van der Waals surface area contributed by atoms with Crippen LogP contribution < -0.4 is 5.32 Å². The maximum Gasteiger partial charge on any atom is 0.227 e. The zero-order valence-electron chi connectivity index (χ0n) is 13.6. The molecule has 2 rings (SSSR count). The minimum Gasteiger partial charge on any atom is -0.356 e. The number of aromatic nitrogens is 2. The highest BCUT2D eigenvalue weighted by atomic mass is 16.2. The number of carbonyl (C=O) groups excluding carboxylic acids is 1. The van der Waals surface area contributed by atoms with E-state index in [1.54, 1.807) is 0 Å². The van der Waals surface area contributed by atoms with E-state index < -0.39 is 0 Å². The zero-order chi connectivity index (χ0) is 15.3. The van der Waals surface area contributed by atoms with Gasteiger partial charge < -0.3 is 10.2 Å². The fraction of sp³-hybridized carbons (Fsp3) is 0.750. The Morgan fingerprint density at radius 2 is 2.33 bits per heavy atom. The highest BCUT2D eigenvalue weighted by molar-refractivity contribution is 5.82. The molecule has 21 heavy (non-hydrogen) atoms. The van der Waals surface area contributed by atoms with Gasteiger partial charge >= 0.3 is 0 Å². The Morgan fingerprint density at radius 3 is 3.00 bits per heavy atom. The number of likely N-dealkylation sites (tertiary alicyclic amines) is 1. The van der Waals surface area contributed by atoms with Crippen LogP contribution in [-0.4, -0.2) is 46.8 Å². The van der Waals surface area contributed by atoms with Gasteiger partial charge in [-0.1, -0.05) is 6.92 Å². The summed E-state index contributed by atoms with van der Waals surface area (Å²) in [6.07, 6.45) is 7.97. The Morgan fingerprint density at radius 1 is 1.52 bits per heavy atom. The normalized spacial score (nSPS) is 23.2. The van der Waals surface area contributed by atoms with Crippen LogP contribution in [0.5, 0.6) is 0 Å². The van der Waals surface area contributed by atoms with Gasteiger partial charge in [0.15, 0.2) is 0 Å². The molecule has 0 aromatic carbocycles. The van der Waals surface area contributed by atoms with Crippen molar-refractivity contribution in [1.29, 1.82) is 0 Å². The predicted molar refractivity (Wildman–Crippen MR) is 84.0 cm³/mol. The lowest BCUT2D eigenvalue weighted by Crippen LogP contribution is -2.50. The van der Waals surface area contributed by atoms with Crippen LogP contribution in [0, 0.1) is 5.41 Å². The number of amides is 1. The van der Waals surface area contributed by atoms with Crippen molar-refractivity contribution in [3.05, 3.63) is 18.0 Å². The van der Waals surface area contributed by atoms with E-state index in [4.69, 9.17) is 0 Å². The van der Waals surface area contributed by atoms with Gasteiger partial charge in [-0.2, -0.15) is 5.10 Å². The van der Waals surface area contributed by atoms with Gasteiger partial charge in [0, 0.05) is 26.3 Å². The number of rotatable bonds is 6. The van der Waals surface area contributed by atoms with E-state index in [-0.39, 0.29) is 11.3 Å². The number of hydrogen-bond acceptors (Lipinski definition) is 3. The van der Waals surface area contributed by atoms with Crippen LogP contribution in [0.4, 0.5) is 0 Å². The van der Waals surface area contributed by atoms with Gasteiger partial charge in [0.25, 0.3) is 0 Å². The smallest absolute Gasteiger partial charge is 0.227 e. The molecule has 1 atom stereocenters. The van der Waals surface area contributed by atoms with E-state index in [0.717, 1.165) is 51.9 Å². The number of piperidine rings is 1. The quantitative estimate of drug-likeness (QED) is 0.810. The van der Waals surface area contributed by atoms with Gasteiger partial charge in [-0.05, 0) is 51.3 Å². The third kappa shape index (κ3) is 4.30. The highest BCUT2D eigenvalue weighted by Crippen LogP contribution is 2.29. The van der Waals surface area contributed by atoms with E-state index in [9.17, 15) is 4.79 Å². The summed E-state index contributed by atoms with van der Waals surface area (Å²) in [4.78, 5) is 14.8. The molecule has 5 heteroatoms. The molecule has 2 heterocycles. The highest BCUT2D eigenvalue weighted by Gasteiger charge is 2.36. The fourth-order valence-corrected chi connectivity index (χ4v) is 3.11. The largest absolute Gasteiger partial charge is 0.356 e. The molecule has 1 aromatic heterocycles. The Kier molecular flexibility index (Phi) is 5.39. The van der Waals surface area contributed by atoms with E-state index in [2.05, 4.69) is 29.2 Å². The Labute approximate surface area is 127 Å². The maximum absolute atomic E-state index is 12.4. The Hall–Kier alpha value is -1.36. The lowest BCUT2D eigenvalue weighted by atomic mass is 9.81. The molecule has 5 nitrogen and oxygen atoms in total. The fourth-order valence-electron chi connectivity index (χ4n) is 3.11. The minimum absolute atomic E-state index is 0.215. The number of nitrogens with zero attached hydrogens (tertiary/aromatic N) is 3. The second kappa shape index (κ2) is 7.07. The monoisotopic (exact) mass is 292 g/mol. The van der Waals surface area contributed by atoms with Gasteiger partial charge in [0.2, 0.25) is 5.91 Å². The summed E-state index contributed by atoms with van der Waals surface area (Å²) < 4.78 is 1.82. The maximum atomic E-state index is 12.4. The molecule has 0 bridgehead atoms. The molecule has 0 radical (unpaired) electrons. The SMILES string of the molecule is CCN1CCC[C@@](C)(C(=O)NCCCc2cnn(C)c2)C1. The van der Waals surface area contributed by atoms with Gasteiger partial charge in [-0.25, -0.2) is 0 Å². The van der Waals surface area contributed by atoms with Gasteiger partial charge in [-0.3, -0.25) is 9.48 Å². The van der Waals surface area contributed by atoms with Crippen molar-refractivity contribution in [3.8, 4) is 0 Å². The standard InChI is InChI=1S/C16H28N4O/c1-4-20-10-6-8-16(2,13-20)15(21)17-9-5-7-14-11-18-19(3)12-14/h11-12H,4-10,13H2,1-3H3,(H,17,21)/t16-/m1/s1. The first kappa shape index (κ1) is 16.0. The zero-order valence-corrected chi connectivity index (χ0v) is 13.6. The van der Waals surface area contributed by atoms with Gasteiger partial charge in [0.05, 0.1) is 11.6 Å². The summed E-state index contributed by atoms with van der Waals surface area (Å²) in [5.41, 5.74) is 1.01. The van der Waals surface area contributed by atoms with Crippen molar-refractivity contribution in [2.45, 2.75) is 39.5 Å². The second-order valence-electron chi connectivity index (χ2n) is 6.41. The van der Waals surface area contributed by atoms with Crippen LogP contribution >= 0.6 is 0 Å². The molecule has 1 aromatic rings. The van der Waals surface area contributed by atoms with Crippen LogP contribution in [0.25, 0.3) is 0 Å². The van der Waals surface area contributed by atoms with Gasteiger partial charge in [0.1, 0.15) is 0 Å². The van der Waals surface area contributed by atoms with E-state index in [1.807, 2.05) is 24.1 Å². The molecule has 1 N–H and O–H groups in total. The molecule has 1 aliphatic heterocycles. The molecule has 118 valence electrons. The topological polar surface area (TPSA) is 50.2 Å². The van der Waals surface area contributed by atoms with Crippen LogP contribution in [0.1, 0.15) is 38.7 Å². The Balaban J connectivity index is 1.73. The van der Waals surface area contributed by atoms with Crippen LogP contribution in [0.2, 0.25) is 0 Å². The molecule has 1 amide bonds. The van der Waals surface area contributed by atoms with Crippen molar-refractivity contribution in [2.24, 2.45) is 12.5 Å². The first-order valence-corrected chi connectivity index (χ1v) is 8.02.